The van der Waals surface area contributed by atoms with Crippen LogP contribution in [0, 0.1) is 12.3 Å². The van der Waals surface area contributed by atoms with Crippen LogP contribution in [0.1, 0.15) is 18.4 Å². The Labute approximate surface area is 162 Å². The van der Waals surface area contributed by atoms with Crippen LogP contribution in [0.15, 0.2) is 23.1 Å². The second kappa shape index (κ2) is 8.58. The Bertz CT molecular complexity index is 778. The summed E-state index contributed by atoms with van der Waals surface area (Å²) >= 11 is 6.68. The highest BCUT2D eigenvalue weighted by molar-refractivity contribution is 8.26. The van der Waals surface area contributed by atoms with E-state index in [0.717, 1.165) is 25.0 Å². The zero-order valence-corrected chi connectivity index (χ0v) is 16.0. The van der Waals surface area contributed by atoms with Crippen molar-refractivity contribution >= 4 is 40.3 Å². The van der Waals surface area contributed by atoms with Gasteiger partial charge in [0.2, 0.25) is 0 Å². The highest BCUT2D eigenvalue weighted by Crippen LogP contribution is 2.35. The molecule has 0 bridgehead atoms. The molecule has 1 atom stereocenters. The normalized spacial score (nSPS) is 21.3. The van der Waals surface area contributed by atoms with Gasteiger partial charge < -0.3 is 14.2 Å². The number of ether oxygens (including phenoxy) is 3. The first-order valence-electron chi connectivity index (χ1n) is 8.23. The third kappa shape index (κ3) is 4.21. The molecular formula is C19H19NO4S2. The number of rotatable bonds is 6. The van der Waals surface area contributed by atoms with Crippen molar-refractivity contribution < 1.29 is 19.0 Å². The highest BCUT2D eigenvalue weighted by atomic mass is 32.2. The van der Waals surface area contributed by atoms with Crippen molar-refractivity contribution in [3.8, 4) is 23.8 Å². The van der Waals surface area contributed by atoms with Gasteiger partial charge in [-0.2, -0.15) is 0 Å². The summed E-state index contributed by atoms with van der Waals surface area (Å²) in [5.41, 5.74) is 0.826. The van der Waals surface area contributed by atoms with Gasteiger partial charge >= 0.3 is 0 Å². The standard InChI is InChI=1S/C19H19NO4S2/c1-3-8-24-15-7-6-13(10-16(15)22-2)11-17-18(21)20(19(25)26-17)12-14-5-4-9-23-14/h1,6-7,10-11,14H,4-5,8-9,12H2,2H3/b17-11-/t14-/m1/s1. The predicted octanol–water partition coefficient (Wildman–Crippen LogP) is 3.09. The van der Waals surface area contributed by atoms with Crippen molar-refractivity contribution in [2.24, 2.45) is 0 Å². The van der Waals surface area contributed by atoms with Gasteiger partial charge in [0.15, 0.2) is 11.5 Å². The maximum Gasteiger partial charge on any atom is 0.266 e. The summed E-state index contributed by atoms with van der Waals surface area (Å²) in [5.74, 6) is 3.46. The second-order valence-corrected chi connectivity index (χ2v) is 7.51. The van der Waals surface area contributed by atoms with Gasteiger partial charge in [0.05, 0.1) is 24.7 Å². The number of thiocarbonyl (C=S) groups is 1. The first-order valence-corrected chi connectivity index (χ1v) is 9.46. The van der Waals surface area contributed by atoms with E-state index < -0.39 is 0 Å². The summed E-state index contributed by atoms with van der Waals surface area (Å²) in [4.78, 5) is 14.9. The molecule has 2 aliphatic heterocycles. The summed E-state index contributed by atoms with van der Waals surface area (Å²) in [6.07, 6.45) is 9.09. The number of methoxy groups -OCH3 is 1. The predicted molar refractivity (Wildman–Crippen MR) is 106 cm³/mol. The molecule has 26 heavy (non-hydrogen) atoms. The second-order valence-electron chi connectivity index (χ2n) is 5.83. The van der Waals surface area contributed by atoms with Crippen LogP contribution in [0.5, 0.6) is 11.5 Å². The molecular weight excluding hydrogens is 370 g/mol. The van der Waals surface area contributed by atoms with E-state index in [0.29, 0.717) is 27.3 Å². The highest BCUT2D eigenvalue weighted by Gasteiger charge is 2.34. The lowest BCUT2D eigenvalue weighted by atomic mass is 10.1. The van der Waals surface area contributed by atoms with E-state index in [2.05, 4.69) is 5.92 Å². The van der Waals surface area contributed by atoms with Gasteiger partial charge in [0, 0.05) is 6.61 Å². The largest absolute Gasteiger partial charge is 0.493 e. The molecule has 2 heterocycles. The molecule has 5 nitrogen and oxygen atoms in total. The minimum atomic E-state index is -0.0814. The molecule has 0 radical (unpaired) electrons. The van der Waals surface area contributed by atoms with E-state index in [9.17, 15) is 4.79 Å². The average Bonchev–Trinajstić information content (AvgIpc) is 3.25. The van der Waals surface area contributed by atoms with Crippen LogP contribution in [-0.2, 0) is 9.53 Å². The van der Waals surface area contributed by atoms with E-state index in [1.807, 2.05) is 12.1 Å². The Morgan fingerprint density at radius 1 is 1.50 bits per heavy atom. The first-order chi connectivity index (χ1) is 12.6. The molecule has 1 aromatic carbocycles. The van der Waals surface area contributed by atoms with Gasteiger partial charge in [-0.15, -0.1) is 6.42 Å². The molecule has 2 saturated heterocycles. The monoisotopic (exact) mass is 389 g/mol. The van der Waals surface area contributed by atoms with Gasteiger partial charge in [0.1, 0.15) is 10.9 Å². The van der Waals surface area contributed by atoms with Crippen molar-refractivity contribution in [3.05, 3.63) is 28.7 Å². The fourth-order valence-electron chi connectivity index (χ4n) is 2.81. The summed E-state index contributed by atoms with van der Waals surface area (Å²) in [5, 5.41) is 0. The molecule has 0 spiro atoms. The Morgan fingerprint density at radius 2 is 2.35 bits per heavy atom. The Hall–Kier alpha value is -2.01. The smallest absolute Gasteiger partial charge is 0.266 e. The molecule has 136 valence electrons. The molecule has 0 N–H and O–H groups in total. The van der Waals surface area contributed by atoms with E-state index in [-0.39, 0.29) is 18.6 Å². The number of amides is 1. The molecule has 1 amide bonds. The van der Waals surface area contributed by atoms with Gasteiger partial charge in [-0.25, -0.2) is 0 Å². The number of hydrogen-bond donors (Lipinski definition) is 0. The number of thioether (sulfide) groups is 1. The van der Waals surface area contributed by atoms with Crippen molar-refractivity contribution in [1.29, 1.82) is 0 Å². The van der Waals surface area contributed by atoms with Gasteiger partial charge in [-0.05, 0) is 36.6 Å². The van der Waals surface area contributed by atoms with Crippen LogP contribution in [0.4, 0.5) is 0 Å². The summed E-state index contributed by atoms with van der Waals surface area (Å²) < 4.78 is 17.0. The number of benzene rings is 1. The van der Waals surface area contributed by atoms with E-state index in [4.69, 9.17) is 32.9 Å². The van der Waals surface area contributed by atoms with Crippen LogP contribution >= 0.6 is 24.0 Å². The number of carbonyl (C=O) groups excluding carboxylic acids is 1. The number of hydrogen-bond acceptors (Lipinski definition) is 6. The Morgan fingerprint density at radius 3 is 3.04 bits per heavy atom. The fraction of sp³-hybridized carbons (Fsp3) is 0.368. The molecule has 2 fully saturated rings. The maximum atomic E-state index is 12.7. The summed E-state index contributed by atoms with van der Waals surface area (Å²) in [7, 11) is 1.56. The van der Waals surface area contributed by atoms with Crippen LogP contribution in [-0.4, -0.2) is 48.1 Å². The maximum absolute atomic E-state index is 12.7. The quantitative estimate of drug-likeness (QED) is 0.423. The number of nitrogens with zero attached hydrogens (tertiary/aromatic N) is 1. The lowest BCUT2D eigenvalue weighted by Crippen LogP contribution is -2.35. The van der Waals surface area contributed by atoms with E-state index in [1.165, 1.54) is 11.8 Å². The van der Waals surface area contributed by atoms with Crippen molar-refractivity contribution in [2.45, 2.75) is 18.9 Å². The molecule has 3 rings (SSSR count). The van der Waals surface area contributed by atoms with Crippen molar-refractivity contribution in [1.82, 2.24) is 4.90 Å². The minimum Gasteiger partial charge on any atom is -0.493 e. The van der Waals surface area contributed by atoms with E-state index in [1.54, 1.807) is 24.1 Å². The Balaban J connectivity index is 1.76. The number of terminal acetylenes is 1. The topological polar surface area (TPSA) is 48.0 Å². The van der Waals surface area contributed by atoms with Crippen LogP contribution in [0.2, 0.25) is 0 Å². The molecule has 2 aliphatic rings. The molecule has 7 heteroatoms. The van der Waals surface area contributed by atoms with Crippen LogP contribution in [0.25, 0.3) is 6.08 Å². The lowest BCUT2D eigenvalue weighted by molar-refractivity contribution is -0.123. The summed E-state index contributed by atoms with van der Waals surface area (Å²) in [6, 6.07) is 5.43. The fourth-order valence-corrected chi connectivity index (χ4v) is 4.09. The van der Waals surface area contributed by atoms with Crippen LogP contribution in [0.3, 0.4) is 0 Å². The average molecular weight is 389 g/mol. The molecule has 0 aliphatic carbocycles. The molecule has 0 aromatic heterocycles. The van der Waals surface area contributed by atoms with Crippen molar-refractivity contribution in [3.63, 3.8) is 0 Å². The zero-order valence-electron chi connectivity index (χ0n) is 14.4. The van der Waals surface area contributed by atoms with Gasteiger partial charge in [-0.3, -0.25) is 9.69 Å². The first kappa shape index (κ1) is 18.8. The zero-order chi connectivity index (χ0) is 18.5. The van der Waals surface area contributed by atoms with Crippen LogP contribution < -0.4 is 9.47 Å². The minimum absolute atomic E-state index is 0.0736. The van der Waals surface area contributed by atoms with Gasteiger partial charge in [0.25, 0.3) is 5.91 Å². The third-order valence-electron chi connectivity index (χ3n) is 4.08. The Kier molecular flexibility index (Phi) is 6.20. The third-order valence-corrected chi connectivity index (χ3v) is 5.46. The molecule has 0 unspecified atom stereocenters. The summed E-state index contributed by atoms with van der Waals surface area (Å²) in [6.45, 7) is 1.44. The molecule has 1 aromatic rings. The van der Waals surface area contributed by atoms with Crippen molar-refractivity contribution in [2.75, 3.05) is 26.9 Å². The molecule has 0 saturated carbocycles. The van der Waals surface area contributed by atoms with E-state index >= 15 is 0 Å². The lowest BCUT2D eigenvalue weighted by Gasteiger charge is -2.18. The number of carbonyl (C=O) groups is 1. The van der Waals surface area contributed by atoms with Gasteiger partial charge in [-0.1, -0.05) is 36.0 Å². The SMILES string of the molecule is C#CCOc1ccc(/C=C2\SC(=S)N(C[C@H]3CCCO3)C2=O)cc1OC.